The molecule has 0 radical (unpaired) electrons. The predicted octanol–water partition coefficient (Wildman–Crippen LogP) is 2.16. The Morgan fingerprint density at radius 3 is 2.65 bits per heavy atom. The van der Waals surface area contributed by atoms with E-state index in [2.05, 4.69) is 4.90 Å². The third-order valence-electron chi connectivity index (χ3n) is 5.85. The molecule has 5 unspecified atom stereocenters. The highest BCUT2D eigenvalue weighted by Gasteiger charge is 2.46. The first-order valence-electron chi connectivity index (χ1n) is 8.78. The van der Waals surface area contributed by atoms with Gasteiger partial charge < -0.3 is 9.47 Å². The lowest BCUT2D eigenvalue weighted by atomic mass is 9.89. The normalized spacial score (nSPS) is 41.0. The third-order valence-corrected chi connectivity index (χ3v) is 5.85. The highest BCUT2D eigenvalue weighted by Crippen LogP contribution is 2.36. The number of ether oxygens (including phenoxy) is 2. The van der Waals surface area contributed by atoms with Crippen LogP contribution >= 0.6 is 0 Å². The zero-order valence-electron chi connectivity index (χ0n) is 14.3. The molecule has 0 saturated carbocycles. The van der Waals surface area contributed by atoms with Gasteiger partial charge in [-0.3, -0.25) is 9.69 Å². The molecule has 0 aromatic carbocycles. The van der Waals surface area contributed by atoms with Crippen LogP contribution in [-0.4, -0.2) is 48.7 Å². The predicted molar refractivity (Wildman–Crippen MR) is 85.6 cm³/mol. The minimum absolute atomic E-state index is 0.0557. The van der Waals surface area contributed by atoms with Crippen LogP contribution in [0, 0.1) is 17.8 Å². The van der Waals surface area contributed by atoms with Gasteiger partial charge in [0.25, 0.3) is 0 Å². The van der Waals surface area contributed by atoms with Crippen LogP contribution in [0.4, 0.5) is 0 Å². The van der Waals surface area contributed by atoms with Crippen molar-refractivity contribution in [2.75, 3.05) is 19.7 Å². The Morgan fingerprint density at radius 2 is 1.91 bits per heavy atom. The smallest absolute Gasteiger partial charge is 0.334 e. The molecule has 3 rings (SSSR count). The lowest BCUT2D eigenvalue weighted by molar-refractivity contribution is -0.155. The van der Waals surface area contributed by atoms with Gasteiger partial charge in [0.05, 0.1) is 18.6 Å². The van der Waals surface area contributed by atoms with Gasteiger partial charge in [-0.15, -0.1) is 0 Å². The third kappa shape index (κ3) is 3.16. The summed E-state index contributed by atoms with van der Waals surface area (Å²) in [4.78, 5) is 27.2. The standard InChI is InChI=1S/C18H27NO4/c1-4-13-9-11(2)12(3)17(20)22-10-14-5-7-19-8-6-15(16(14)19)23-18(13)21/h4,11-12,14-16H,5-10H2,1-3H3. The van der Waals surface area contributed by atoms with E-state index in [1.165, 1.54) is 0 Å². The Bertz CT molecular complexity index is 515. The molecule has 0 amide bonds. The second-order valence-corrected chi connectivity index (χ2v) is 7.22. The molecule has 0 spiro atoms. The quantitative estimate of drug-likeness (QED) is 0.505. The molecule has 128 valence electrons. The first-order valence-corrected chi connectivity index (χ1v) is 8.78. The van der Waals surface area contributed by atoms with Gasteiger partial charge in [-0.2, -0.15) is 0 Å². The van der Waals surface area contributed by atoms with Gasteiger partial charge in [0.1, 0.15) is 6.10 Å². The molecule has 0 aromatic rings. The van der Waals surface area contributed by atoms with Crippen molar-refractivity contribution in [3.63, 3.8) is 0 Å². The van der Waals surface area contributed by atoms with E-state index in [1.807, 2.05) is 26.8 Å². The minimum atomic E-state index is -0.214. The summed E-state index contributed by atoms with van der Waals surface area (Å²) >= 11 is 0. The molecule has 3 fully saturated rings. The summed E-state index contributed by atoms with van der Waals surface area (Å²) in [5, 5.41) is 0. The topological polar surface area (TPSA) is 55.8 Å². The van der Waals surface area contributed by atoms with Crippen molar-refractivity contribution in [1.29, 1.82) is 0 Å². The van der Waals surface area contributed by atoms with E-state index in [0.29, 0.717) is 18.6 Å². The van der Waals surface area contributed by atoms with Crippen molar-refractivity contribution in [3.05, 3.63) is 11.6 Å². The van der Waals surface area contributed by atoms with E-state index in [9.17, 15) is 9.59 Å². The van der Waals surface area contributed by atoms with Gasteiger partial charge in [0, 0.05) is 18.0 Å². The Balaban J connectivity index is 1.84. The van der Waals surface area contributed by atoms with Crippen molar-refractivity contribution in [2.45, 2.75) is 52.2 Å². The number of esters is 2. The molecule has 0 aliphatic carbocycles. The van der Waals surface area contributed by atoms with Crippen molar-refractivity contribution in [3.8, 4) is 0 Å². The summed E-state index contributed by atoms with van der Waals surface area (Å²) in [6.07, 6.45) is 4.18. The van der Waals surface area contributed by atoms with Crippen molar-refractivity contribution < 1.29 is 19.1 Å². The molecule has 3 saturated heterocycles. The van der Waals surface area contributed by atoms with E-state index in [4.69, 9.17) is 9.47 Å². The number of cyclic esters (lactones) is 1. The number of carbonyl (C=O) groups excluding carboxylic acids is 2. The molecule has 3 aliphatic heterocycles. The number of hydrogen-bond donors (Lipinski definition) is 0. The SMILES string of the molecule is CC=C1CC(C)C(C)C(=O)OCC2CCN3CCC(OC1=O)C23. The fraction of sp³-hybridized carbons (Fsp3) is 0.778. The van der Waals surface area contributed by atoms with E-state index < -0.39 is 0 Å². The second-order valence-electron chi connectivity index (χ2n) is 7.22. The van der Waals surface area contributed by atoms with Crippen LogP contribution < -0.4 is 0 Å². The molecule has 5 atom stereocenters. The monoisotopic (exact) mass is 321 g/mol. The van der Waals surface area contributed by atoms with Crippen LogP contribution in [0.15, 0.2) is 11.6 Å². The molecule has 23 heavy (non-hydrogen) atoms. The molecule has 3 aliphatic rings. The molecule has 0 N–H and O–H groups in total. The molecule has 0 aromatic heterocycles. The first kappa shape index (κ1) is 16.5. The van der Waals surface area contributed by atoms with Gasteiger partial charge in [-0.05, 0) is 38.6 Å². The minimum Gasteiger partial charge on any atom is -0.465 e. The zero-order chi connectivity index (χ0) is 16.6. The number of rotatable bonds is 0. The van der Waals surface area contributed by atoms with Gasteiger partial charge in [0.15, 0.2) is 0 Å². The summed E-state index contributed by atoms with van der Waals surface area (Å²) in [7, 11) is 0. The highest BCUT2D eigenvalue weighted by atomic mass is 16.5. The van der Waals surface area contributed by atoms with E-state index in [-0.39, 0.29) is 41.8 Å². The Kier molecular flexibility index (Phi) is 4.76. The fourth-order valence-electron chi connectivity index (χ4n) is 4.13. The van der Waals surface area contributed by atoms with Gasteiger partial charge in [0.2, 0.25) is 0 Å². The Morgan fingerprint density at radius 1 is 1.17 bits per heavy atom. The van der Waals surface area contributed by atoms with E-state index >= 15 is 0 Å². The number of hydrogen-bond acceptors (Lipinski definition) is 5. The van der Waals surface area contributed by atoms with Crippen LogP contribution in [0.2, 0.25) is 0 Å². The Hall–Kier alpha value is -1.36. The maximum Gasteiger partial charge on any atom is 0.334 e. The molecular weight excluding hydrogens is 294 g/mol. The molecule has 5 heteroatoms. The second kappa shape index (κ2) is 6.63. The van der Waals surface area contributed by atoms with Crippen LogP contribution in [-0.2, 0) is 19.1 Å². The van der Waals surface area contributed by atoms with Crippen LogP contribution in [0.25, 0.3) is 0 Å². The van der Waals surface area contributed by atoms with Gasteiger partial charge in [-0.25, -0.2) is 4.79 Å². The Labute approximate surface area is 138 Å². The van der Waals surface area contributed by atoms with Gasteiger partial charge in [-0.1, -0.05) is 19.9 Å². The highest BCUT2D eigenvalue weighted by molar-refractivity contribution is 5.88. The zero-order valence-corrected chi connectivity index (χ0v) is 14.3. The van der Waals surface area contributed by atoms with Gasteiger partial charge >= 0.3 is 11.9 Å². The van der Waals surface area contributed by atoms with Crippen molar-refractivity contribution in [2.24, 2.45) is 17.8 Å². The first-order chi connectivity index (χ1) is 11.0. The van der Waals surface area contributed by atoms with Crippen LogP contribution in [0.5, 0.6) is 0 Å². The lowest BCUT2D eigenvalue weighted by Crippen LogP contribution is -2.39. The molecule has 3 heterocycles. The average Bonchev–Trinajstić information content (AvgIpc) is 3.11. The molecular formula is C18H27NO4. The number of carbonyl (C=O) groups is 2. The largest absolute Gasteiger partial charge is 0.465 e. The summed E-state index contributed by atoms with van der Waals surface area (Å²) in [6.45, 7) is 8.15. The van der Waals surface area contributed by atoms with Crippen LogP contribution in [0.1, 0.15) is 40.0 Å². The van der Waals surface area contributed by atoms with Crippen LogP contribution in [0.3, 0.4) is 0 Å². The number of allylic oxidation sites excluding steroid dienone is 1. The maximum atomic E-state index is 12.5. The van der Waals surface area contributed by atoms with E-state index in [0.717, 1.165) is 25.9 Å². The molecule has 0 bridgehead atoms. The average molecular weight is 321 g/mol. The number of nitrogens with zero attached hydrogens (tertiary/aromatic N) is 1. The summed E-state index contributed by atoms with van der Waals surface area (Å²) in [5.74, 6) is -0.239. The van der Waals surface area contributed by atoms with Crippen molar-refractivity contribution in [1.82, 2.24) is 4.90 Å². The van der Waals surface area contributed by atoms with E-state index in [1.54, 1.807) is 0 Å². The summed E-state index contributed by atoms with van der Waals surface area (Å²) in [6, 6.07) is 0.206. The lowest BCUT2D eigenvalue weighted by Gasteiger charge is -2.28. The summed E-state index contributed by atoms with van der Waals surface area (Å²) < 4.78 is 11.5. The maximum absolute atomic E-state index is 12.5. The van der Waals surface area contributed by atoms with Crippen molar-refractivity contribution >= 4 is 11.9 Å². The molecule has 5 nitrogen and oxygen atoms in total. The fourth-order valence-corrected chi connectivity index (χ4v) is 4.13. The summed E-state index contributed by atoms with van der Waals surface area (Å²) in [5.41, 5.74) is 0.672.